The average Bonchev–Trinajstić information content (AvgIpc) is 2.60. The molecule has 0 aliphatic rings. The molecule has 0 saturated heterocycles. The van der Waals surface area contributed by atoms with Crippen molar-refractivity contribution in [3.05, 3.63) is 23.5 Å². The van der Waals surface area contributed by atoms with Crippen LogP contribution in [0.2, 0.25) is 0 Å². The molecule has 0 saturated carbocycles. The lowest BCUT2D eigenvalue weighted by Gasteiger charge is -2.06. The van der Waals surface area contributed by atoms with E-state index in [1.165, 1.54) is 0 Å². The molecule has 1 N–H and O–H groups in total. The lowest BCUT2D eigenvalue weighted by molar-refractivity contribution is 0.412. The summed E-state index contributed by atoms with van der Waals surface area (Å²) in [6.07, 6.45) is 1.71. The molecule has 0 amide bonds. The number of nitrogens with one attached hydrogen (secondary N) is 1. The van der Waals surface area contributed by atoms with Gasteiger partial charge < -0.3 is 9.72 Å². The van der Waals surface area contributed by atoms with Crippen LogP contribution in [0, 0.1) is 13.8 Å². The van der Waals surface area contributed by atoms with E-state index in [9.17, 15) is 0 Å². The number of imidazole rings is 1. The zero-order valence-electron chi connectivity index (χ0n) is 8.01. The third-order valence-electron chi connectivity index (χ3n) is 2.32. The SMILES string of the molecule is COc1cc(C)c2nc[nH]c2c1C. The van der Waals surface area contributed by atoms with Crippen molar-refractivity contribution in [2.75, 3.05) is 7.11 Å². The standard InChI is InChI=1S/C10H12N2O/c1-6-4-8(13-3)7(2)10-9(6)11-5-12-10/h4-5H,1-3H3,(H,11,12). The van der Waals surface area contributed by atoms with Crippen LogP contribution in [0.4, 0.5) is 0 Å². The summed E-state index contributed by atoms with van der Waals surface area (Å²) in [5.41, 5.74) is 4.34. The van der Waals surface area contributed by atoms with Gasteiger partial charge in [0, 0.05) is 5.56 Å². The number of fused-ring (bicyclic) bond motifs is 1. The Morgan fingerprint density at radius 3 is 2.85 bits per heavy atom. The molecule has 2 rings (SSSR count). The summed E-state index contributed by atoms with van der Waals surface area (Å²) < 4.78 is 5.26. The second-order valence-corrected chi connectivity index (χ2v) is 3.15. The van der Waals surface area contributed by atoms with Gasteiger partial charge in [0.25, 0.3) is 0 Å². The van der Waals surface area contributed by atoms with Crippen LogP contribution in [0.25, 0.3) is 11.0 Å². The van der Waals surface area contributed by atoms with Crippen LogP contribution in [-0.4, -0.2) is 17.1 Å². The highest BCUT2D eigenvalue weighted by Gasteiger charge is 2.08. The lowest BCUT2D eigenvalue weighted by atomic mass is 10.1. The molecule has 0 bridgehead atoms. The molecule has 68 valence electrons. The van der Waals surface area contributed by atoms with Crippen molar-refractivity contribution in [3.63, 3.8) is 0 Å². The first kappa shape index (κ1) is 8.10. The maximum absolute atomic E-state index is 5.26. The number of aromatic nitrogens is 2. The number of methoxy groups -OCH3 is 1. The highest BCUT2D eigenvalue weighted by Crippen LogP contribution is 2.27. The van der Waals surface area contributed by atoms with Crippen LogP contribution in [0.5, 0.6) is 5.75 Å². The fraction of sp³-hybridized carbons (Fsp3) is 0.300. The first-order chi connectivity index (χ1) is 6.24. The number of ether oxygens (including phenoxy) is 1. The Labute approximate surface area is 76.8 Å². The smallest absolute Gasteiger partial charge is 0.124 e. The van der Waals surface area contributed by atoms with Gasteiger partial charge in [-0.05, 0) is 25.5 Å². The molecule has 0 radical (unpaired) electrons. The number of nitrogens with zero attached hydrogens (tertiary/aromatic N) is 1. The van der Waals surface area contributed by atoms with Gasteiger partial charge in [0.15, 0.2) is 0 Å². The van der Waals surface area contributed by atoms with Crippen LogP contribution < -0.4 is 4.74 Å². The number of benzene rings is 1. The molecule has 1 aromatic carbocycles. The maximum atomic E-state index is 5.26. The predicted molar refractivity (Wildman–Crippen MR) is 52.1 cm³/mol. The maximum Gasteiger partial charge on any atom is 0.124 e. The van der Waals surface area contributed by atoms with E-state index in [1.54, 1.807) is 13.4 Å². The van der Waals surface area contributed by atoms with E-state index in [-0.39, 0.29) is 0 Å². The Bertz CT molecular complexity index is 445. The van der Waals surface area contributed by atoms with Gasteiger partial charge in [0.05, 0.1) is 24.5 Å². The second kappa shape index (κ2) is 2.76. The molecular formula is C10H12N2O. The number of aryl methyl sites for hydroxylation is 2. The molecule has 0 atom stereocenters. The van der Waals surface area contributed by atoms with Crippen LogP contribution in [-0.2, 0) is 0 Å². The minimum atomic E-state index is 0.911. The number of aromatic amines is 1. The Balaban J connectivity index is 2.85. The third-order valence-corrected chi connectivity index (χ3v) is 2.32. The zero-order chi connectivity index (χ0) is 9.42. The van der Waals surface area contributed by atoms with E-state index in [2.05, 4.69) is 9.97 Å². The van der Waals surface area contributed by atoms with Gasteiger partial charge >= 0.3 is 0 Å². The predicted octanol–water partition coefficient (Wildman–Crippen LogP) is 2.19. The molecule has 0 aliphatic heterocycles. The molecule has 3 heteroatoms. The summed E-state index contributed by atoms with van der Waals surface area (Å²) in [5.74, 6) is 0.911. The first-order valence-corrected chi connectivity index (χ1v) is 4.21. The number of hydrogen-bond donors (Lipinski definition) is 1. The molecule has 0 fully saturated rings. The number of H-pyrrole nitrogens is 1. The molecule has 0 unspecified atom stereocenters. The van der Waals surface area contributed by atoms with Crippen LogP contribution >= 0.6 is 0 Å². The van der Waals surface area contributed by atoms with Crippen molar-refractivity contribution in [1.29, 1.82) is 0 Å². The molecule has 3 nitrogen and oxygen atoms in total. The summed E-state index contributed by atoms with van der Waals surface area (Å²) in [4.78, 5) is 7.36. The summed E-state index contributed by atoms with van der Waals surface area (Å²) in [5, 5.41) is 0. The van der Waals surface area contributed by atoms with E-state index < -0.39 is 0 Å². The van der Waals surface area contributed by atoms with Crippen LogP contribution in [0.1, 0.15) is 11.1 Å². The van der Waals surface area contributed by atoms with E-state index >= 15 is 0 Å². The summed E-state index contributed by atoms with van der Waals surface area (Å²) in [6, 6.07) is 2.01. The van der Waals surface area contributed by atoms with Crippen molar-refractivity contribution in [2.45, 2.75) is 13.8 Å². The molecular weight excluding hydrogens is 164 g/mol. The van der Waals surface area contributed by atoms with Crippen molar-refractivity contribution in [3.8, 4) is 5.75 Å². The zero-order valence-corrected chi connectivity index (χ0v) is 8.01. The monoisotopic (exact) mass is 176 g/mol. The fourth-order valence-electron chi connectivity index (χ4n) is 1.59. The fourth-order valence-corrected chi connectivity index (χ4v) is 1.59. The van der Waals surface area contributed by atoms with Crippen molar-refractivity contribution in [1.82, 2.24) is 9.97 Å². The topological polar surface area (TPSA) is 37.9 Å². The Kier molecular flexibility index (Phi) is 1.72. The summed E-state index contributed by atoms with van der Waals surface area (Å²) in [6.45, 7) is 4.06. The Hall–Kier alpha value is -1.51. The summed E-state index contributed by atoms with van der Waals surface area (Å²) >= 11 is 0. The van der Waals surface area contributed by atoms with Gasteiger partial charge in [0.2, 0.25) is 0 Å². The number of hydrogen-bond acceptors (Lipinski definition) is 2. The van der Waals surface area contributed by atoms with E-state index in [4.69, 9.17) is 4.74 Å². The quantitative estimate of drug-likeness (QED) is 0.723. The minimum Gasteiger partial charge on any atom is -0.496 e. The van der Waals surface area contributed by atoms with Gasteiger partial charge in [0.1, 0.15) is 5.75 Å². The van der Waals surface area contributed by atoms with Crippen molar-refractivity contribution in [2.24, 2.45) is 0 Å². The van der Waals surface area contributed by atoms with Gasteiger partial charge in [-0.2, -0.15) is 0 Å². The highest BCUT2D eigenvalue weighted by molar-refractivity contribution is 5.83. The molecule has 13 heavy (non-hydrogen) atoms. The van der Waals surface area contributed by atoms with Gasteiger partial charge in [-0.1, -0.05) is 0 Å². The lowest BCUT2D eigenvalue weighted by Crippen LogP contribution is -1.90. The molecule has 0 spiro atoms. The minimum absolute atomic E-state index is 0.911. The first-order valence-electron chi connectivity index (χ1n) is 4.21. The Morgan fingerprint density at radius 1 is 1.38 bits per heavy atom. The number of rotatable bonds is 1. The van der Waals surface area contributed by atoms with Crippen molar-refractivity contribution >= 4 is 11.0 Å². The van der Waals surface area contributed by atoms with E-state index in [0.717, 1.165) is 27.9 Å². The highest BCUT2D eigenvalue weighted by atomic mass is 16.5. The van der Waals surface area contributed by atoms with E-state index in [1.807, 2.05) is 19.9 Å². The summed E-state index contributed by atoms with van der Waals surface area (Å²) in [7, 11) is 1.68. The molecule has 1 heterocycles. The molecule has 1 aromatic heterocycles. The molecule has 0 aliphatic carbocycles. The van der Waals surface area contributed by atoms with Crippen LogP contribution in [0.3, 0.4) is 0 Å². The second-order valence-electron chi connectivity index (χ2n) is 3.15. The molecule has 2 aromatic rings. The Morgan fingerprint density at radius 2 is 2.15 bits per heavy atom. The van der Waals surface area contributed by atoms with Gasteiger partial charge in [-0.3, -0.25) is 0 Å². The van der Waals surface area contributed by atoms with Crippen molar-refractivity contribution < 1.29 is 4.74 Å². The largest absolute Gasteiger partial charge is 0.496 e. The third kappa shape index (κ3) is 1.08. The average molecular weight is 176 g/mol. The van der Waals surface area contributed by atoms with Crippen LogP contribution in [0.15, 0.2) is 12.4 Å². The van der Waals surface area contributed by atoms with Gasteiger partial charge in [-0.25, -0.2) is 4.98 Å². The van der Waals surface area contributed by atoms with Gasteiger partial charge in [-0.15, -0.1) is 0 Å². The normalized spacial score (nSPS) is 10.7. The van der Waals surface area contributed by atoms with E-state index in [0.29, 0.717) is 0 Å².